The second-order valence-electron chi connectivity index (χ2n) is 9.06. The monoisotopic (exact) mass is 306 g/mol. The zero-order chi connectivity index (χ0) is 15.7. The third-order valence-electron chi connectivity index (χ3n) is 7.42. The average Bonchev–Trinajstić information content (AvgIpc) is 2.75. The molecule has 4 bridgehead atoms. The molecule has 5 fully saturated rings. The van der Waals surface area contributed by atoms with E-state index in [0.29, 0.717) is 23.8 Å². The first-order chi connectivity index (χ1) is 10.3. The molecule has 1 saturated heterocycles. The lowest BCUT2D eigenvalue weighted by Crippen LogP contribution is -2.64. The van der Waals surface area contributed by atoms with E-state index in [1.165, 1.54) is 6.42 Å². The molecule has 5 aliphatic rings. The van der Waals surface area contributed by atoms with Gasteiger partial charge in [0.05, 0.1) is 11.6 Å². The van der Waals surface area contributed by atoms with Crippen molar-refractivity contribution >= 4 is 5.91 Å². The van der Waals surface area contributed by atoms with Crippen LogP contribution in [0.1, 0.15) is 58.8 Å². The Bertz CT molecular complexity index is 477. The Kier molecular flexibility index (Phi) is 3.19. The predicted octanol–water partition coefficient (Wildman–Crippen LogP) is 1.90. The van der Waals surface area contributed by atoms with Gasteiger partial charge < -0.3 is 15.7 Å². The van der Waals surface area contributed by atoms with Gasteiger partial charge in [0, 0.05) is 12.6 Å². The standard InChI is InChI=1S/C18H30N2O2/c1-11-3-4-20(12(11)2)16(21)15(19)17-6-13-5-14(7-17)9-18(22,8-13)10-17/h11-15,22H,3-10,19H2,1-2H3/t11-,12-,13?,14?,15+,17?,18?/m0/s1. The molecule has 124 valence electrons. The average molecular weight is 306 g/mol. The summed E-state index contributed by atoms with van der Waals surface area (Å²) in [6.45, 7) is 5.22. The SMILES string of the molecule is C[C@H]1CCN(C(=O)[C@@H](N)C23CC4CC(CC(O)(C4)C2)C3)[C@H]1C. The fraction of sp³-hybridized carbons (Fsp3) is 0.944. The Hall–Kier alpha value is -0.610. The predicted molar refractivity (Wildman–Crippen MR) is 85.0 cm³/mol. The summed E-state index contributed by atoms with van der Waals surface area (Å²) in [6, 6.07) is -0.117. The quantitative estimate of drug-likeness (QED) is 0.819. The molecule has 4 heteroatoms. The third kappa shape index (κ3) is 2.06. The molecule has 5 rings (SSSR count). The van der Waals surface area contributed by atoms with Gasteiger partial charge in [0.25, 0.3) is 0 Å². The van der Waals surface area contributed by atoms with E-state index in [4.69, 9.17) is 5.73 Å². The number of carbonyl (C=O) groups is 1. The number of nitrogens with zero attached hydrogens (tertiary/aromatic N) is 1. The van der Waals surface area contributed by atoms with E-state index in [2.05, 4.69) is 13.8 Å². The highest BCUT2D eigenvalue weighted by Crippen LogP contribution is 2.62. The van der Waals surface area contributed by atoms with Gasteiger partial charge in [-0.25, -0.2) is 0 Å². The molecule has 22 heavy (non-hydrogen) atoms. The van der Waals surface area contributed by atoms with Gasteiger partial charge in [-0.15, -0.1) is 0 Å². The Morgan fingerprint density at radius 3 is 2.36 bits per heavy atom. The summed E-state index contributed by atoms with van der Waals surface area (Å²) in [5, 5.41) is 10.9. The number of nitrogens with two attached hydrogens (primary N) is 1. The molecule has 1 amide bonds. The third-order valence-corrected chi connectivity index (χ3v) is 7.42. The minimum atomic E-state index is -0.536. The first-order valence-electron chi connectivity index (χ1n) is 9.10. The molecule has 4 nitrogen and oxygen atoms in total. The number of aliphatic hydroxyl groups is 1. The molecule has 3 N–H and O–H groups in total. The largest absolute Gasteiger partial charge is 0.390 e. The summed E-state index contributed by atoms with van der Waals surface area (Å²) >= 11 is 0. The van der Waals surface area contributed by atoms with Crippen LogP contribution in [0, 0.1) is 23.2 Å². The normalized spacial score (nSPS) is 51.4. The number of hydrogen-bond acceptors (Lipinski definition) is 3. The van der Waals surface area contributed by atoms with Crippen molar-refractivity contribution in [1.82, 2.24) is 4.90 Å². The first-order valence-corrected chi connectivity index (χ1v) is 9.10. The van der Waals surface area contributed by atoms with Gasteiger partial charge in [-0.2, -0.15) is 0 Å². The van der Waals surface area contributed by atoms with E-state index in [9.17, 15) is 9.90 Å². The molecule has 1 heterocycles. The van der Waals surface area contributed by atoms with Crippen LogP contribution in [0.3, 0.4) is 0 Å². The van der Waals surface area contributed by atoms with E-state index < -0.39 is 11.6 Å². The number of amides is 1. The highest BCUT2D eigenvalue weighted by atomic mass is 16.3. The topological polar surface area (TPSA) is 66.6 Å². The summed E-state index contributed by atoms with van der Waals surface area (Å²) in [6.07, 6.45) is 7.04. The molecule has 1 aliphatic heterocycles. The molecule has 0 aromatic carbocycles. The van der Waals surface area contributed by atoms with E-state index in [1.807, 2.05) is 4.90 Å². The lowest BCUT2D eigenvalue weighted by molar-refractivity contribution is -0.177. The van der Waals surface area contributed by atoms with E-state index >= 15 is 0 Å². The maximum absolute atomic E-state index is 13.0. The van der Waals surface area contributed by atoms with Gasteiger partial charge in [-0.3, -0.25) is 4.79 Å². The van der Waals surface area contributed by atoms with E-state index in [1.54, 1.807) is 0 Å². The molecule has 0 spiro atoms. The maximum Gasteiger partial charge on any atom is 0.240 e. The van der Waals surface area contributed by atoms with E-state index in [-0.39, 0.29) is 11.3 Å². The second kappa shape index (κ2) is 4.70. The zero-order valence-corrected chi connectivity index (χ0v) is 13.9. The molecule has 4 saturated carbocycles. The van der Waals surface area contributed by atoms with Crippen LogP contribution < -0.4 is 5.73 Å². The van der Waals surface area contributed by atoms with Crippen LogP contribution >= 0.6 is 0 Å². The van der Waals surface area contributed by atoms with Gasteiger partial charge in [0.1, 0.15) is 0 Å². The lowest BCUT2D eigenvalue weighted by Gasteiger charge is -2.61. The van der Waals surface area contributed by atoms with Gasteiger partial charge in [0.15, 0.2) is 0 Å². The van der Waals surface area contributed by atoms with Gasteiger partial charge >= 0.3 is 0 Å². The summed E-state index contributed by atoms with van der Waals surface area (Å²) in [7, 11) is 0. The van der Waals surface area contributed by atoms with Crippen LogP contribution in [0.25, 0.3) is 0 Å². The van der Waals surface area contributed by atoms with Gasteiger partial charge in [-0.05, 0) is 75.0 Å². The highest BCUT2D eigenvalue weighted by Gasteiger charge is 2.60. The van der Waals surface area contributed by atoms with Gasteiger partial charge in [-0.1, -0.05) is 6.92 Å². The molecule has 5 atom stereocenters. The summed E-state index contributed by atoms with van der Waals surface area (Å²) in [4.78, 5) is 15.1. The molecule has 0 aromatic heterocycles. The number of likely N-dealkylation sites (tertiary alicyclic amines) is 1. The Balaban J connectivity index is 1.57. The van der Waals surface area contributed by atoms with Crippen molar-refractivity contribution in [2.24, 2.45) is 28.9 Å². The minimum Gasteiger partial charge on any atom is -0.390 e. The van der Waals surface area contributed by atoms with Crippen molar-refractivity contribution in [3.63, 3.8) is 0 Å². The van der Waals surface area contributed by atoms with Crippen LogP contribution in [-0.2, 0) is 4.79 Å². The minimum absolute atomic E-state index is 0.137. The smallest absolute Gasteiger partial charge is 0.240 e. The fourth-order valence-corrected chi connectivity index (χ4v) is 6.49. The highest BCUT2D eigenvalue weighted by molar-refractivity contribution is 5.83. The molecule has 4 aliphatic carbocycles. The van der Waals surface area contributed by atoms with Crippen molar-refractivity contribution in [1.29, 1.82) is 0 Å². The van der Waals surface area contributed by atoms with Crippen LogP contribution in [0.5, 0.6) is 0 Å². The van der Waals surface area contributed by atoms with Crippen molar-refractivity contribution in [2.45, 2.75) is 76.5 Å². The molecule has 0 aromatic rings. The first kappa shape index (κ1) is 14.9. The molecular formula is C18H30N2O2. The maximum atomic E-state index is 13.0. The number of carbonyl (C=O) groups excluding carboxylic acids is 1. The lowest BCUT2D eigenvalue weighted by atomic mass is 9.46. The van der Waals surface area contributed by atoms with Crippen LogP contribution in [0.4, 0.5) is 0 Å². The zero-order valence-electron chi connectivity index (χ0n) is 13.9. The molecular weight excluding hydrogens is 276 g/mol. The Labute approximate surface area is 133 Å². The molecule has 0 radical (unpaired) electrons. The van der Waals surface area contributed by atoms with Crippen molar-refractivity contribution in [2.75, 3.05) is 6.54 Å². The van der Waals surface area contributed by atoms with Gasteiger partial charge in [0.2, 0.25) is 5.91 Å². The Morgan fingerprint density at radius 1 is 1.23 bits per heavy atom. The van der Waals surface area contributed by atoms with Crippen molar-refractivity contribution < 1.29 is 9.90 Å². The Morgan fingerprint density at radius 2 is 1.86 bits per heavy atom. The summed E-state index contributed by atoms with van der Waals surface area (Å²) in [5.41, 5.74) is 5.89. The number of rotatable bonds is 2. The van der Waals surface area contributed by atoms with Crippen molar-refractivity contribution in [3.05, 3.63) is 0 Å². The van der Waals surface area contributed by atoms with Crippen LogP contribution in [0.15, 0.2) is 0 Å². The second-order valence-corrected chi connectivity index (χ2v) is 9.06. The fourth-order valence-electron chi connectivity index (χ4n) is 6.49. The van der Waals surface area contributed by atoms with Crippen LogP contribution in [0.2, 0.25) is 0 Å². The number of hydrogen-bond donors (Lipinski definition) is 2. The molecule has 2 unspecified atom stereocenters. The summed E-state index contributed by atoms with van der Waals surface area (Å²) < 4.78 is 0. The van der Waals surface area contributed by atoms with E-state index in [0.717, 1.165) is 45.1 Å². The summed E-state index contributed by atoms with van der Waals surface area (Å²) in [5.74, 6) is 1.87. The van der Waals surface area contributed by atoms with Crippen molar-refractivity contribution in [3.8, 4) is 0 Å². The van der Waals surface area contributed by atoms with Crippen LogP contribution in [-0.4, -0.2) is 40.1 Å².